The van der Waals surface area contributed by atoms with E-state index in [0.717, 1.165) is 37.5 Å². The summed E-state index contributed by atoms with van der Waals surface area (Å²) in [5.74, 6) is -2.20. The lowest BCUT2D eigenvalue weighted by molar-refractivity contribution is 0.102. The Morgan fingerprint density at radius 3 is 2.46 bits per heavy atom. The summed E-state index contributed by atoms with van der Waals surface area (Å²) in [6.45, 7) is 1.15. The monoisotopic (exact) mass is 361 g/mol. The number of halogens is 3. The quantitative estimate of drug-likeness (QED) is 0.779. The van der Waals surface area contributed by atoms with Crippen molar-refractivity contribution < 1.29 is 22.7 Å². The van der Waals surface area contributed by atoms with Gasteiger partial charge in [-0.1, -0.05) is 18.2 Å². The molecule has 1 saturated heterocycles. The first-order valence-electron chi connectivity index (χ1n) is 8.61. The zero-order valence-electron chi connectivity index (χ0n) is 14.1. The number of nitrogens with zero attached hydrogens (tertiary/aromatic N) is 1. The molecule has 26 heavy (non-hydrogen) atoms. The van der Waals surface area contributed by atoms with Crippen molar-refractivity contribution in [3.05, 3.63) is 59.4 Å². The van der Waals surface area contributed by atoms with Gasteiger partial charge in [-0.25, -0.2) is 18.0 Å². The SMILES string of the molecule is O=C(OCc1cccc(-c2cc(F)cc(F)c2)c1F)N1CCC2(CC2)C1. The molecule has 2 fully saturated rings. The molecule has 136 valence electrons. The summed E-state index contributed by atoms with van der Waals surface area (Å²) in [4.78, 5) is 13.8. The predicted molar refractivity (Wildman–Crippen MR) is 89.8 cm³/mol. The Labute approximate surface area is 149 Å². The highest BCUT2D eigenvalue weighted by Gasteiger charge is 2.49. The van der Waals surface area contributed by atoms with Crippen molar-refractivity contribution in [1.29, 1.82) is 0 Å². The molecule has 1 saturated carbocycles. The van der Waals surface area contributed by atoms with Crippen LogP contribution in [0.1, 0.15) is 24.8 Å². The minimum atomic E-state index is -0.778. The molecule has 2 aliphatic rings. The fraction of sp³-hybridized carbons (Fsp3) is 0.350. The maximum absolute atomic E-state index is 14.7. The summed E-state index contributed by atoms with van der Waals surface area (Å²) < 4.78 is 46.8. The lowest BCUT2D eigenvalue weighted by atomic mass is 10.0. The van der Waals surface area contributed by atoms with Crippen molar-refractivity contribution in [2.24, 2.45) is 5.41 Å². The summed E-state index contributed by atoms with van der Waals surface area (Å²) in [5, 5.41) is 0. The van der Waals surface area contributed by atoms with Crippen LogP contribution in [0.2, 0.25) is 0 Å². The van der Waals surface area contributed by atoms with E-state index in [1.165, 1.54) is 12.1 Å². The van der Waals surface area contributed by atoms with Crippen LogP contribution in [0.15, 0.2) is 36.4 Å². The van der Waals surface area contributed by atoms with Crippen molar-refractivity contribution in [2.45, 2.75) is 25.9 Å². The molecule has 3 nitrogen and oxygen atoms in total. The van der Waals surface area contributed by atoms with Crippen LogP contribution in [0.3, 0.4) is 0 Å². The highest BCUT2D eigenvalue weighted by molar-refractivity contribution is 5.69. The molecular formula is C20H18F3NO2. The fourth-order valence-corrected chi connectivity index (χ4v) is 3.53. The van der Waals surface area contributed by atoms with Crippen molar-refractivity contribution in [3.8, 4) is 11.1 Å². The zero-order chi connectivity index (χ0) is 18.3. The highest BCUT2D eigenvalue weighted by atomic mass is 19.1. The average Bonchev–Trinajstić information content (AvgIpc) is 3.21. The van der Waals surface area contributed by atoms with Gasteiger partial charge in [-0.15, -0.1) is 0 Å². The summed E-state index contributed by atoms with van der Waals surface area (Å²) in [5.41, 5.74) is 0.630. The number of benzene rings is 2. The van der Waals surface area contributed by atoms with E-state index in [2.05, 4.69) is 0 Å². The number of carbonyl (C=O) groups is 1. The van der Waals surface area contributed by atoms with Crippen LogP contribution in [0.4, 0.5) is 18.0 Å². The van der Waals surface area contributed by atoms with Crippen LogP contribution < -0.4 is 0 Å². The second-order valence-electron chi connectivity index (χ2n) is 7.16. The fourth-order valence-electron chi connectivity index (χ4n) is 3.53. The Morgan fingerprint density at radius 2 is 1.81 bits per heavy atom. The molecule has 1 aliphatic heterocycles. The molecule has 1 amide bonds. The van der Waals surface area contributed by atoms with Gasteiger partial charge >= 0.3 is 6.09 Å². The van der Waals surface area contributed by atoms with E-state index in [1.807, 2.05) is 0 Å². The molecule has 0 radical (unpaired) electrons. The molecule has 1 spiro atoms. The van der Waals surface area contributed by atoms with E-state index in [-0.39, 0.29) is 23.3 Å². The first-order chi connectivity index (χ1) is 12.5. The number of carbonyl (C=O) groups excluding carboxylic acids is 1. The maximum atomic E-state index is 14.7. The third kappa shape index (κ3) is 3.28. The lowest BCUT2D eigenvalue weighted by Gasteiger charge is -2.16. The van der Waals surface area contributed by atoms with Gasteiger partial charge in [0.15, 0.2) is 0 Å². The molecule has 0 aromatic heterocycles. The van der Waals surface area contributed by atoms with Crippen LogP contribution in [0.5, 0.6) is 0 Å². The second kappa shape index (κ2) is 6.34. The Morgan fingerprint density at radius 1 is 1.08 bits per heavy atom. The second-order valence-corrected chi connectivity index (χ2v) is 7.16. The molecule has 0 atom stereocenters. The Hall–Kier alpha value is -2.50. The van der Waals surface area contributed by atoms with Crippen molar-refractivity contribution in [1.82, 2.24) is 4.90 Å². The van der Waals surface area contributed by atoms with Gasteiger partial charge in [0.2, 0.25) is 0 Å². The van der Waals surface area contributed by atoms with Crippen molar-refractivity contribution in [2.75, 3.05) is 13.1 Å². The molecule has 0 unspecified atom stereocenters. The Balaban J connectivity index is 1.48. The predicted octanol–water partition coefficient (Wildman–Crippen LogP) is 4.89. The van der Waals surface area contributed by atoms with Crippen molar-refractivity contribution in [3.63, 3.8) is 0 Å². The molecule has 6 heteroatoms. The Bertz CT molecular complexity index is 844. The van der Waals surface area contributed by atoms with E-state index >= 15 is 0 Å². The van der Waals surface area contributed by atoms with Crippen molar-refractivity contribution >= 4 is 6.09 Å². The summed E-state index contributed by atoms with van der Waals surface area (Å²) in [6, 6.07) is 7.36. The van der Waals surface area contributed by atoms with Gasteiger partial charge < -0.3 is 9.64 Å². The molecule has 1 aliphatic carbocycles. The minimum Gasteiger partial charge on any atom is -0.444 e. The standard InChI is InChI=1S/C20H18F3NO2/c21-15-8-14(9-16(22)10-15)17-3-1-2-13(18(17)23)11-26-19(25)24-7-6-20(12-24)4-5-20/h1-3,8-10H,4-7,11-12H2. The van der Waals surface area contributed by atoms with E-state index < -0.39 is 23.5 Å². The van der Waals surface area contributed by atoms with Crippen LogP contribution >= 0.6 is 0 Å². The van der Waals surface area contributed by atoms with Gasteiger partial charge in [-0.3, -0.25) is 0 Å². The van der Waals surface area contributed by atoms with Gasteiger partial charge in [0.25, 0.3) is 0 Å². The van der Waals surface area contributed by atoms with Gasteiger partial charge in [0.05, 0.1) is 0 Å². The van der Waals surface area contributed by atoms with Crippen LogP contribution in [0.25, 0.3) is 11.1 Å². The smallest absolute Gasteiger partial charge is 0.410 e. The minimum absolute atomic E-state index is 0.0649. The van der Waals surface area contributed by atoms with Gasteiger partial charge in [0, 0.05) is 30.3 Å². The van der Waals surface area contributed by atoms with E-state index in [4.69, 9.17) is 4.74 Å². The molecule has 2 aromatic rings. The zero-order valence-corrected chi connectivity index (χ0v) is 14.1. The van der Waals surface area contributed by atoms with Gasteiger partial charge in [-0.05, 0) is 42.4 Å². The van der Waals surface area contributed by atoms with E-state index in [1.54, 1.807) is 11.0 Å². The maximum Gasteiger partial charge on any atom is 0.410 e. The number of hydrogen-bond acceptors (Lipinski definition) is 2. The van der Waals surface area contributed by atoms with Crippen LogP contribution in [0, 0.1) is 22.9 Å². The highest BCUT2D eigenvalue weighted by Crippen LogP contribution is 2.52. The number of rotatable bonds is 3. The lowest BCUT2D eigenvalue weighted by Crippen LogP contribution is -2.29. The van der Waals surface area contributed by atoms with Crippen LogP contribution in [-0.4, -0.2) is 24.1 Å². The number of amides is 1. The van der Waals surface area contributed by atoms with E-state index in [9.17, 15) is 18.0 Å². The first-order valence-corrected chi connectivity index (χ1v) is 8.61. The van der Waals surface area contributed by atoms with Crippen LogP contribution in [-0.2, 0) is 11.3 Å². The summed E-state index contributed by atoms with van der Waals surface area (Å²) in [6.07, 6.45) is 2.85. The number of likely N-dealkylation sites (tertiary alicyclic amines) is 1. The Kier molecular flexibility index (Phi) is 4.13. The topological polar surface area (TPSA) is 29.5 Å². The number of hydrogen-bond donors (Lipinski definition) is 0. The summed E-state index contributed by atoms with van der Waals surface area (Å²) >= 11 is 0. The molecule has 1 heterocycles. The first kappa shape index (κ1) is 16.9. The molecule has 2 aromatic carbocycles. The molecule has 4 rings (SSSR count). The largest absolute Gasteiger partial charge is 0.444 e. The molecule has 0 N–H and O–H groups in total. The molecule has 0 bridgehead atoms. The third-order valence-electron chi connectivity index (χ3n) is 5.26. The molecular weight excluding hydrogens is 343 g/mol. The number of ether oxygens (including phenoxy) is 1. The summed E-state index contributed by atoms with van der Waals surface area (Å²) in [7, 11) is 0. The third-order valence-corrected chi connectivity index (χ3v) is 5.26. The van der Waals surface area contributed by atoms with Gasteiger partial charge in [0.1, 0.15) is 24.1 Å². The van der Waals surface area contributed by atoms with E-state index in [0.29, 0.717) is 18.5 Å². The van der Waals surface area contributed by atoms with Gasteiger partial charge in [-0.2, -0.15) is 0 Å². The normalized spacial score (nSPS) is 17.6. The average molecular weight is 361 g/mol.